The van der Waals surface area contributed by atoms with Gasteiger partial charge in [0.25, 0.3) is 0 Å². The van der Waals surface area contributed by atoms with Crippen LogP contribution in [0, 0.1) is 23.7 Å². The fraction of sp³-hybridized carbons (Fsp3) is 0.842. The molecule has 9 atom stereocenters. The number of hydrogen-bond acceptors (Lipinski definition) is 5. The molecule has 2 aliphatic heterocycles. The van der Waals surface area contributed by atoms with Gasteiger partial charge in [0, 0.05) is 31.1 Å². The van der Waals surface area contributed by atoms with Crippen molar-refractivity contribution in [1.82, 2.24) is 0 Å². The van der Waals surface area contributed by atoms with E-state index in [-0.39, 0.29) is 29.8 Å². The van der Waals surface area contributed by atoms with E-state index < -0.39 is 28.8 Å². The Morgan fingerprint density at radius 3 is 2.75 bits per heavy atom. The highest BCUT2D eigenvalue weighted by Gasteiger charge is 2.74. The maximum Gasteiger partial charge on any atom is 0.310 e. The van der Waals surface area contributed by atoms with Crippen LogP contribution in [0.25, 0.3) is 0 Å². The number of fused-ring (bicyclic) bond motifs is 3. The molecule has 5 heteroatoms. The molecular weight excluding hydrogens is 308 g/mol. The van der Waals surface area contributed by atoms with Crippen molar-refractivity contribution in [3.8, 4) is 0 Å². The Bertz CT molecular complexity index is 646. The second kappa shape index (κ2) is 4.25. The van der Waals surface area contributed by atoms with Gasteiger partial charge in [-0.25, -0.2) is 0 Å². The molecule has 0 radical (unpaired) electrons. The van der Waals surface area contributed by atoms with E-state index in [0.717, 1.165) is 12.0 Å². The molecule has 0 aromatic heterocycles. The Balaban J connectivity index is 1.64. The lowest BCUT2D eigenvalue weighted by molar-refractivity contribution is -0.148. The Labute approximate surface area is 142 Å². The van der Waals surface area contributed by atoms with Crippen LogP contribution >= 0.6 is 0 Å². The van der Waals surface area contributed by atoms with Gasteiger partial charge >= 0.3 is 5.97 Å². The number of esters is 1. The topological polar surface area (TPSA) is 76.0 Å². The zero-order valence-electron chi connectivity index (χ0n) is 14.3. The van der Waals surface area contributed by atoms with Crippen LogP contribution < -0.4 is 0 Å². The van der Waals surface area contributed by atoms with Crippen LogP contribution in [-0.2, 0) is 14.3 Å². The summed E-state index contributed by atoms with van der Waals surface area (Å²) < 4.78 is 12.0. The first-order chi connectivity index (χ1) is 11.2. The number of rotatable bonds is 1. The van der Waals surface area contributed by atoms with Gasteiger partial charge in [-0.05, 0) is 32.6 Å². The third kappa shape index (κ3) is 1.68. The van der Waals surface area contributed by atoms with Gasteiger partial charge in [-0.15, -0.1) is 0 Å². The minimum Gasteiger partial charge on any atom is -0.462 e. The summed E-state index contributed by atoms with van der Waals surface area (Å²) >= 11 is 0. The van der Waals surface area contributed by atoms with E-state index in [9.17, 15) is 15.0 Å². The molecule has 0 spiro atoms. The maximum absolute atomic E-state index is 12.7. The van der Waals surface area contributed by atoms with E-state index in [1.54, 1.807) is 0 Å². The molecule has 3 saturated carbocycles. The Morgan fingerprint density at radius 2 is 2.04 bits per heavy atom. The van der Waals surface area contributed by atoms with Crippen molar-refractivity contribution in [3.05, 3.63) is 12.2 Å². The van der Waals surface area contributed by atoms with E-state index >= 15 is 0 Å². The summed E-state index contributed by atoms with van der Waals surface area (Å²) in [4.78, 5) is 12.7. The third-order valence-corrected chi connectivity index (χ3v) is 7.68. The lowest BCUT2D eigenvalue weighted by atomic mass is 9.63. The van der Waals surface area contributed by atoms with E-state index in [2.05, 4.69) is 6.58 Å². The van der Waals surface area contributed by atoms with Gasteiger partial charge in [-0.2, -0.15) is 0 Å². The van der Waals surface area contributed by atoms with Crippen molar-refractivity contribution in [2.24, 2.45) is 23.7 Å². The maximum atomic E-state index is 12.7. The molecule has 5 fully saturated rings. The van der Waals surface area contributed by atoms with E-state index in [1.165, 1.54) is 0 Å². The highest BCUT2D eigenvalue weighted by Crippen LogP contribution is 2.65. The summed E-state index contributed by atoms with van der Waals surface area (Å²) in [6.45, 7) is 8.04. The van der Waals surface area contributed by atoms with Crippen LogP contribution in [0.5, 0.6) is 0 Å². The molecule has 132 valence electrons. The summed E-state index contributed by atoms with van der Waals surface area (Å²) in [6.07, 6.45) is 2.21. The van der Waals surface area contributed by atoms with Gasteiger partial charge in [0.1, 0.15) is 11.7 Å². The molecule has 2 N–H and O–H groups in total. The lowest BCUT2D eigenvalue weighted by Gasteiger charge is -2.41. The molecule has 2 heterocycles. The lowest BCUT2D eigenvalue weighted by Crippen LogP contribution is -2.54. The molecule has 2 bridgehead atoms. The smallest absolute Gasteiger partial charge is 0.310 e. The minimum atomic E-state index is -1.06. The van der Waals surface area contributed by atoms with Crippen molar-refractivity contribution in [1.29, 1.82) is 0 Å². The second-order valence-electron chi connectivity index (χ2n) is 9.35. The van der Waals surface area contributed by atoms with Crippen molar-refractivity contribution < 1.29 is 24.5 Å². The predicted octanol–water partition coefficient (Wildman–Crippen LogP) is 1.56. The minimum absolute atomic E-state index is 0.177. The Hall–Kier alpha value is -0.910. The van der Waals surface area contributed by atoms with Crippen LogP contribution in [0.2, 0.25) is 0 Å². The number of ether oxygens (including phenoxy) is 2. The molecule has 2 saturated heterocycles. The summed E-state index contributed by atoms with van der Waals surface area (Å²) in [5.41, 5.74) is -1.46. The number of allylic oxidation sites excluding steroid dienone is 1. The highest BCUT2D eigenvalue weighted by atomic mass is 16.6. The molecule has 5 nitrogen and oxygen atoms in total. The van der Waals surface area contributed by atoms with Crippen LogP contribution in [0.1, 0.15) is 46.0 Å². The molecular formula is C19H26O5. The first-order valence-electron chi connectivity index (χ1n) is 9.14. The van der Waals surface area contributed by atoms with Gasteiger partial charge < -0.3 is 19.7 Å². The summed E-state index contributed by atoms with van der Waals surface area (Å²) in [7, 11) is 0. The number of aliphatic hydroxyl groups is 2. The van der Waals surface area contributed by atoms with Gasteiger partial charge in [0.15, 0.2) is 0 Å². The average Bonchev–Trinajstić information content (AvgIpc) is 2.99. The Kier molecular flexibility index (Phi) is 2.72. The summed E-state index contributed by atoms with van der Waals surface area (Å²) in [5, 5.41) is 23.0. The Morgan fingerprint density at radius 1 is 1.29 bits per heavy atom. The van der Waals surface area contributed by atoms with Gasteiger partial charge in [-0.1, -0.05) is 12.2 Å². The van der Waals surface area contributed by atoms with E-state index in [0.29, 0.717) is 25.7 Å². The molecule has 0 aromatic rings. The van der Waals surface area contributed by atoms with Crippen molar-refractivity contribution in [2.75, 3.05) is 0 Å². The van der Waals surface area contributed by atoms with Crippen LogP contribution in [0.15, 0.2) is 12.2 Å². The molecule has 3 aliphatic carbocycles. The molecule has 5 rings (SSSR count). The standard InChI is InChI=1S/C19H26O5/c1-9(2)10-4-11-14-15-12(23-16(14)20)6-17(3)8-19(15,22)13(24-17)7-18(11,21)5-10/h10-15,21-22H,1,4-8H2,2-3H3/t10-,11+,12+,13+,14-,15-,17-,18-,19-/m1/s1. The van der Waals surface area contributed by atoms with Crippen LogP contribution in [0.4, 0.5) is 0 Å². The molecule has 24 heavy (non-hydrogen) atoms. The summed E-state index contributed by atoms with van der Waals surface area (Å²) in [6, 6.07) is 0. The molecule has 5 aliphatic rings. The molecule has 0 amide bonds. The number of carbonyl (C=O) groups is 1. The number of carbonyl (C=O) groups excluding carboxylic acids is 1. The highest BCUT2D eigenvalue weighted by molar-refractivity contribution is 5.77. The van der Waals surface area contributed by atoms with Crippen molar-refractivity contribution >= 4 is 5.97 Å². The third-order valence-electron chi connectivity index (χ3n) is 7.68. The zero-order valence-corrected chi connectivity index (χ0v) is 14.3. The van der Waals surface area contributed by atoms with Gasteiger partial charge in [0.05, 0.1) is 23.2 Å². The molecule has 0 aromatic carbocycles. The van der Waals surface area contributed by atoms with Crippen LogP contribution in [-0.4, -0.2) is 45.2 Å². The van der Waals surface area contributed by atoms with E-state index in [4.69, 9.17) is 9.47 Å². The van der Waals surface area contributed by atoms with Gasteiger partial charge in [-0.3, -0.25) is 4.79 Å². The number of hydrogen-bond donors (Lipinski definition) is 2. The fourth-order valence-electron chi connectivity index (χ4n) is 6.79. The normalized spacial score (nSPS) is 60.6. The SMILES string of the molecule is C=C(C)[C@@H]1C[C@H]2[C@H]3C(=O)O[C@H]4C[C@]5(C)C[C@](O)([C@@H]34)[C@H](C[C@]2(O)C1)O5. The van der Waals surface area contributed by atoms with Crippen molar-refractivity contribution in [3.63, 3.8) is 0 Å². The first-order valence-corrected chi connectivity index (χ1v) is 9.14. The monoisotopic (exact) mass is 334 g/mol. The van der Waals surface area contributed by atoms with Gasteiger partial charge in [0.2, 0.25) is 0 Å². The fourth-order valence-corrected chi connectivity index (χ4v) is 6.79. The van der Waals surface area contributed by atoms with Crippen molar-refractivity contribution in [2.45, 2.75) is 75.0 Å². The quantitative estimate of drug-likeness (QED) is 0.562. The van der Waals surface area contributed by atoms with Crippen LogP contribution in [0.3, 0.4) is 0 Å². The average molecular weight is 334 g/mol. The summed E-state index contributed by atoms with van der Waals surface area (Å²) in [5.74, 6) is -0.878. The second-order valence-corrected chi connectivity index (χ2v) is 9.35. The zero-order chi connectivity index (χ0) is 17.1. The van der Waals surface area contributed by atoms with E-state index in [1.807, 2.05) is 13.8 Å². The first kappa shape index (κ1) is 15.4. The molecule has 0 unspecified atom stereocenters. The largest absolute Gasteiger partial charge is 0.462 e. The predicted molar refractivity (Wildman–Crippen MR) is 84.9 cm³/mol.